The molecule has 6 nitrogen and oxygen atoms in total. The van der Waals surface area contributed by atoms with Gasteiger partial charge in [-0.1, -0.05) is 19.3 Å². The molecule has 1 aliphatic heterocycles. The summed E-state index contributed by atoms with van der Waals surface area (Å²) in [4.78, 5) is 12.4. The van der Waals surface area contributed by atoms with Gasteiger partial charge in [0.25, 0.3) is 5.91 Å². The van der Waals surface area contributed by atoms with E-state index < -0.39 is 0 Å². The highest BCUT2D eigenvalue weighted by atomic mass is 16.7. The molecule has 2 N–H and O–H groups in total. The molecule has 2 aliphatic rings. The number of methoxy groups -OCH3 is 1. The fourth-order valence-electron chi connectivity index (χ4n) is 3.62. The lowest BCUT2D eigenvalue weighted by Crippen LogP contribution is -2.36. The third kappa shape index (κ3) is 6.96. The Hall–Kier alpha value is -1.11. The SMILES string of the molecule is COCCNC(=O)C1=C[C@H](C2CCCCC2)C[C@H](OCCCCO)O1. The van der Waals surface area contributed by atoms with Crippen LogP contribution in [0.1, 0.15) is 51.4 Å². The molecule has 2 rings (SSSR count). The van der Waals surface area contributed by atoms with Gasteiger partial charge in [0.2, 0.25) is 6.29 Å². The standard InChI is InChI=1S/C19H33NO5/c1-23-12-9-20-19(22)17-13-16(15-7-3-2-4-8-15)14-18(25-17)24-11-6-5-10-21/h13,15-16,18,21H,2-12,14H2,1H3,(H,20,22)/t16-,18+/m0/s1. The Morgan fingerprint density at radius 2 is 2.08 bits per heavy atom. The molecule has 1 aliphatic carbocycles. The first-order valence-electron chi connectivity index (χ1n) is 9.62. The first-order chi connectivity index (χ1) is 12.2. The van der Waals surface area contributed by atoms with E-state index in [2.05, 4.69) is 5.32 Å². The Morgan fingerprint density at radius 3 is 2.80 bits per heavy atom. The number of hydrogen-bond donors (Lipinski definition) is 2. The summed E-state index contributed by atoms with van der Waals surface area (Å²) >= 11 is 0. The van der Waals surface area contributed by atoms with Gasteiger partial charge in [-0.3, -0.25) is 4.79 Å². The van der Waals surface area contributed by atoms with Crippen LogP contribution in [-0.2, 0) is 19.0 Å². The van der Waals surface area contributed by atoms with E-state index >= 15 is 0 Å². The zero-order chi connectivity index (χ0) is 17.9. The van der Waals surface area contributed by atoms with Crippen LogP contribution >= 0.6 is 0 Å². The molecule has 25 heavy (non-hydrogen) atoms. The molecule has 1 saturated carbocycles. The summed E-state index contributed by atoms with van der Waals surface area (Å²) in [6.07, 6.45) is 10.2. The van der Waals surface area contributed by atoms with Gasteiger partial charge >= 0.3 is 0 Å². The highest BCUT2D eigenvalue weighted by molar-refractivity contribution is 5.91. The van der Waals surface area contributed by atoms with Gasteiger partial charge in [0.1, 0.15) is 0 Å². The van der Waals surface area contributed by atoms with Crippen LogP contribution in [0.4, 0.5) is 0 Å². The number of carbonyl (C=O) groups excluding carboxylic acids is 1. The molecule has 0 unspecified atom stereocenters. The summed E-state index contributed by atoms with van der Waals surface area (Å²) in [6.45, 7) is 1.66. The number of ether oxygens (including phenoxy) is 3. The average Bonchev–Trinajstić information content (AvgIpc) is 2.66. The van der Waals surface area contributed by atoms with Crippen molar-refractivity contribution in [2.24, 2.45) is 11.8 Å². The van der Waals surface area contributed by atoms with Gasteiger partial charge in [-0.2, -0.15) is 0 Å². The molecule has 0 aromatic rings. The fraction of sp³-hybridized carbons (Fsp3) is 0.842. The third-order valence-electron chi connectivity index (χ3n) is 5.02. The lowest BCUT2D eigenvalue weighted by Gasteiger charge is -2.35. The fourth-order valence-corrected chi connectivity index (χ4v) is 3.62. The number of unbranched alkanes of at least 4 members (excludes halogenated alkanes) is 1. The molecule has 0 saturated heterocycles. The molecule has 6 heteroatoms. The molecule has 0 aromatic carbocycles. The van der Waals surface area contributed by atoms with E-state index in [0.29, 0.717) is 37.4 Å². The molecule has 1 heterocycles. The van der Waals surface area contributed by atoms with Crippen LogP contribution in [0.2, 0.25) is 0 Å². The minimum Gasteiger partial charge on any atom is -0.459 e. The number of allylic oxidation sites excluding steroid dienone is 1. The van der Waals surface area contributed by atoms with Crippen molar-refractivity contribution >= 4 is 5.91 Å². The summed E-state index contributed by atoms with van der Waals surface area (Å²) in [5, 5.41) is 11.7. The van der Waals surface area contributed by atoms with Crippen molar-refractivity contribution in [1.29, 1.82) is 0 Å². The van der Waals surface area contributed by atoms with Crippen molar-refractivity contribution in [3.05, 3.63) is 11.8 Å². The second-order valence-electron chi connectivity index (χ2n) is 6.93. The van der Waals surface area contributed by atoms with Gasteiger partial charge in [0.15, 0.2) is 5.76 Å². The maximum Gasteiger partial charge on any atom is 0.286 e. The van der Waals surface area contributed by atoms with Crippen LogP contribution in [0.15, 0.2) is 11.8 Å². The number of amides is 1. The van der Waals surface area contributed by atoms with Crippen LogP contribution in [-0.4, -0.2) is 50.8 Å². The van der Waals surface area contributed by atoms with Gasteiger partial charge < -0.3 is 24.6 Å². The normalized spacial score (nSPS) is 24.5. The van der Waals surface area contributed by atoms with Crippen molar-refractivity contribution in [2.75, 3.05) is 33.5 Å². The Balaban J connectivity index is 1.95. The van der Waals surface area contributed by atoms with Gasteiger partial charge in [-0.25, -0.2) is 0 Å². The van der Waals surface area contributed by atoms with Gasteiger partial charge in [-0.15, -0.1) is 0 Å². The summed E-state index contributed by atoms with van der Waals surface area (Å²) in [5.74, 6) is 1.13. The lowest BCUT2D eigenvalue weighted by atomic mass is 9.77. The molecule has 0 radical (unpaired) electrons. The van der Waals surface area contributed by atoms with Crippen LogP contribution in [0, 0.1) is 11.8 Å². The lowest BCUT2D eigenvalue weighted by molar-refractivity contribution is -0.151. The topological polar surface area (TPSA) is 77.0 Å². The van der Waals surface area contributed by atoms with E-state index in [1.165, 1.54) is 32.1 Å². The number of aliphatic hydroxyl groups excluding tert-OH is 1. The molecule has 0 bridgehead atoms. The molecule has 1 fully saturated rings. The highest BCUT2D eigenvalue weighted by Crippen LogP contribution is 2.37. The molecular formula is C19H33NO5. The number of carbonyl (C=O) groups is 1. The maximum absolute atomic E-state index is 12.4. The summed E-state index contributed by atoms with van der Waals surface area (Å²) < 4.78 is 16.6. The minimum atomic E-state index is -0.376. The van der Waals surface area contributed by atoms with E-state index in [1.807, 2.05) is 6.08 Å². The monoisotopic (exact) mass is 355 g/mol. The number of hydrogen-bond acceptors (Lipinski definition) is 5. The third-order valence-corrected chi connectivity index (χ3v) is 5.02. The van der Waals surface area contributed by atoms with E-state index in [1.54, 1.807) is 7.11 Å². The van der Waals surface area contributed by atoms with Crippen molar-refractivity contribution in [3.63, 3.8) is 0 Å². The number of rotatable bonds is 10. The highest BCUT2D eigenvalue weighted by Gasteiger charge is 2.32. The molecular weight excluding hydrogens is 322 g/mol. The summed E-state index contributed by atoms with van der Waals surface area (Å²) in [7, 11) is 1.61. The summed E-state index contributed by atoms with van der Waals surface area (Å²) in [6, 6.07) is 0. The molecule has 144 valence electrons. The van der Waals surface area contributed by atoms with E-state index in [9.17, 15) is 4.79 Å². The van der Waals surface area contributed by atoms with Gasteiger partial charge in [0, 0.05) is 26.7 Å². The Labute approximate surface area is 150 Å². The van der Waals surface area contributed by atoms with Crippen LogP contribution in [0.5, 0.6) is 0 Å². The largest absolute Gasteiger partial charge is 0.459 e. The Bertz CT molecular complexity index is 420. The van der Waals surface area contributed by atoms with Crippen LogP contribution < -0.4 is 5.32 Å². The Kier molecular flexibility index (Phi) is 9.29. The van der Waals surface area contributed by atoms with Crippen molar-refractivity contribution in [3.8, 4) is 0 Å². The number of aliphatic hydroxyl groups is 1. The first kappa shape index (κ1) is 20.2. The van der Waals surface area contributed by atoms with Gasteiger partial charge in [0.05, 0.1) is 13.2 Å². The van der Waals surface area contributed by atoms with E-state index in [4.69, 9.17) is 19.3 Å². The Morgan fingerprint density at radius 1 is 1.28 bits per heavy atom. The zero-order valence-electron chi connectivity index (χ0n) is 15.4. The smallest absolute Gasteiger partial charge is 0.286 e. The molecule has 2 atom stereocenters. The van der Waals surface area contributed by atoms with Crippen molar-refractivity contribution in [1.82, 2.24) is 5.32 Å². The first-order valence-corrected chi connectivity index (χ1v) is 9.62. The predicted octanol–water partition coefficient (Wildman–Crippen LogP) is 2.36. The van der Waals surface area contributed by atoms with E-state index in [-0.39, 0.29) is 18.8 Å². The zero-order valence-corrected chi connectivity index (χ0v) is 15.4. The predicted molar refractivity (Wildman–Crippen MR) is 94.8 cm³/mol. The van der Waals surface area contributed by atoms with Crippen LogP contribution in [0.3, 0.4) is 0 Å². The second kappa shape index (κ2) is 11.5. The quantitative estimate of drug-likeness (QED) is 0.588. The molecule has 1 amide bonds. The van der Waals surface area contributed by atoms with Crippen molar-refractivity contribution < 1.29 is 24.1 Å². The molecule has 0 aromatic heterocycles. The maximum atomic E-state index is 12.4. The second-order valence-corrected chi connectivity index (χ2v) is 6.93. The minimum absolute atomic E-state index is 0.173. The van der Waals surface area contributed by atoms with Crippen LogP contribution in [0.25, 0.3) is 0 Å². The van der Waals surface area contributed by atoms with E-state index in [0.717, 1.165) is 19.3 Å². The summed E-state index contributed by atoms with van der Waals surface area (Å²) in [5.41, 5.74) is 0. The van der Waals surface area contributed by atoms with Crippen molar-refractivity contribution in [2.45, 2.75) is 57.7 Å². The number of nitrogens with one attached hydrogen (secondary N) is 1. The van der Waals surface area contributed by atoms with Gasteiger partial charge in [-0.05, 0) is 43.6 Å². The molecule has 0 spiro atoms. The average molecular weight is 355 g/mol.